The number of rotatable bonds is 8. The van der Waals surface area contributed by atoms with Gasteiger partial charge in [0.2, 0.25) is 0 Å². The summed E-state index contributed by atoms with van der Waals surface area (Å²) in [6.07, 6.45) is 1.78. The number of aromatic nitrogens is 2. The van der Waals surface area contributed by atoms with Gasteiger partial charge < -0.3 is 19.6 Å². The average molecular weight is 454 g/mol. The van der Waals surface area contributed by atoms with Gasteiger partial charge in [-0.15, -0.1) is 0 Å². The summed E-state index contributed by atoms with van der Waals surface area (Å²) in [7, 11) is 0. The van der Waals surface area contributed by atoms with E-state index in [0.29, 0.717) is 12.1 Å². The van der Waals surface area contributed by atoms with Crippen LogP contribution in [-0.4, -0.2) is 51.3 Å². The lowest BCUT2D eigenvalue weighted by Crippen LogP contribution is -2.36. The summed E-state index contributed by atoms with van der Waals surface area (Å²) in [4.78, 5) is 29.0. The Bertz CT molecular complexity index is 1190. The normalized spacial score (nSPS) is 15.3. The number of likely N-dealkylation sites (tertiary alicyclic amines) is 1. The number of benzene rings is 2. The third-order valence-electron chi connectivity index (χ3n) is 5.96. The molecule has 176 valence electrons. The molecule has 0 atom stereocenters. The SMILES string of the molecule is CCOc1cc(CN2CCC(n3c(=O)[nH]c4cc(C(=O)O)ccc43)CC2)ccc1OC(C)C. The number of fused-ring (bicyclic) bond motifs is 1. The molecule has 2 heterocycles. The molecule has 4 rings (SSSR count). The second-order valence-corrected chi connectivity index (χ2v) is 8.73. The van der Waals surface area contributed by atoms with Crippen LogP contribution in [0.4, 0.5) is 0 Å². The first-order valence-corrected chi connectivity index (χ1v) is 11.5. The first-order chi connectivity index (χ1) is 15.9. The van der Waals surface area contributed by atoms with Crippen LogP contribution in [0.15, 0.2) is 41.2 Å². The monoisotopic (exact) mass is 453 g/mol. The molecule has 0 radical (unpaired) electrons. The maximum atomic E-state index is 12.6. The van der Waals surface area contributed by atoms with Crippen molar-refractivity contribution in [1.82, 2.24) is 14.5 Å². The van der Waals surface area contributed by atoms with Crippen LogP contribution in [0.5, 0.6) is 11.5 Å². The molecule has 0 aliphatic carbocycles. The number of nitrogens with zero attached hydrogens (tertiary/aromatic N) is 2. The van der Waals surface area contributed by atoms with E-state index in [1.54, 1.807) is 16.7 Å². The van der Waals surface area contributed by atoms with Crippen molar-refractivity contribution < 1.29 is 19.4 Å². The van der Waals surface area contributed by atoms with Crippen LogP contribution in [0.2, 0.25) is 0 Å². The first-order valence-electron chi connectivity index (χ1n) is 11.5. The molecule has 1 aromatic heterocycles. The van der Waals surface area contributed by atoms with Gasteiger partial charge in [0.15, 0.2) is 11.5 Å². The number of aromatic carboxylic acids is 1. The molecule has 1 saturated heterocycles. The van der Waals surface area contributed by atoms with Crippen molar-refractivity contribution in [3.05, 3.63) is 58.0 Å². The Kier molecular flexibility index (Phi) is 6.74. The van der Waals surface area contributed by atoms with Crippen molar-refractivity contribution in [3.63, 3.8) is 0 Å². The number of carboxylic acids is 1. The number of carboxylic acid groups (broad SMARTS) is 1. The van der Waals surface area contributed by atoms with Gasteiger partial charge in [-0.05, 0) is 69.5 Å². The van der Waals surface area contributed by atoms with Gasteiger partial charge in [-0.1, -0.05) is 6.07 Å². The van der Waals surface area contributed by atoms with E-state index in [-0.39, 0.29) is 23.4 Å². The van der Waals surface area contributed by atoms with E-state index in [9.17, 15) is 14.7 Å². The molecule has 0 amide bonds. The molecule has 2 aromatic carbocycles. The molecule has 3 aromatic rings. The average Bonchev–Trinajstić information content (AvgIpc) is 3.11. The third kappa shape index (κ3) is 5.06. The number of nitrogens with one attached hydrogen (secondary N) is 1. The third-order valence-corrected chi connectivity index (χ3v) is 5.96. The Morgan fingerprint density at radius 3 is 2.58 bits per heavy atom. The van der Waals surface area contributed by atoms with Gasteiger partial charge in [-0.2, -0.15) is 0 Å². The molecule has 8 heteroatoms. The lowest BCUT2D eigenvalue weighted by molar-refractivity contribution is 0.0697. The van der Waals surface area contributed by atoms with Gasteiger partial charge in [0, 0.05) is 25.7 Å². The van der Waals surface area contributed by atoms with E-state index in [2.05, 4.69) is 22.0 Å². The van der Waals surface area contributed by atoms with E-state index in [1.165, 1.54) is 11.6 Å². The number of ether oxygens (including phenoxy) is 2. The lowest BCUT2D eigenvalue weighted by atomic mass is 10.0. The fourth-order valence-corrected chi connectivity index (χ4v) is 4.49. The number of imidazole rings is 1. The smallest absolute Gasteiger partial charge is 0.335 e. The molecule has 1 fully saturated rings. The minimum absolute atomic E-state index is 0.0812. The van der Waals surface area contributed by atoms with Crippen LogP contribution in [0.1, 0.15) is 55.6 Å². The first kappa shape index (κ1) is 22.9. The van der Waals surface area contributed by atoms with Crippen LogP contribution >= 0.6 is 0 Å². The van der Waals surface area contributed by atoms with E-state index in [1.807, 2.05) is 26.8 Å². The summed E-state index contributed by atoms with van der Waals surface area (Å²) >= 11 is 0. The Morgan fingerprint density at radius 1 is 1.15 bits per heavy atom. The number of carbonyl (C=O) groups is 1. The summed E-state index contributed by atoms with van der Waals surface area (Å²) in [6, 6.07) is 11.0. The minimum atomic E-state index is -1.00. The predicted molar refractivity (Wildman–Crippen MR) is 126 cm³/mol. The number of piperidine rings is 1. The summed E-state index contributed by atoms with van der Waals surface area (Å²) in [5.41, 5.74) is 2.47. The zero-order chi connectivity index (χ0) is 23.5. The molecule has 1 aliphatic rings. The van der Waals surface area contributed by atoms with Gasteiger partial charge in [0.25, 0.3) is 0 Å². The van der Waals surface area contributed by atoms with Crippen LogP contribution in [0.25, 0.3) is 11.0 Å². The van der Waals surface area contributed by atoms with Crippen molar-refractivity contribution in [2.24, 2.45) is 0 Å². The van der Waals surface area contributed by atoms with Gasteiger partial charge in [-0.25, -0.2) is 9.59 Å². The highest BCUT2D eigenvalue weighted by Gasteiger charge is 2.24. The van der Waals surface area contributed by atoms with Crippen LogP contribution in [0, 0.1) is 0 Å². The van der Waals surface area contributed by atoms with E-state index in [0.717, 1.165) is 49.5 Å². The molecule has 0 spiro atoms. The molecule has 33 heavy (non-hydrogen) atoms. The Morgan fingerprint density at radius 2 is 1.91 bits per heavy atom. The molecular formula is C25H31N3O5. The number of H-pyrrole nitrogens is 1. The van der Waals surface area contributed by atoms with Crippen molar-refractivity contribution in [2.75, 3.05) is 19.7 Å². The molecule has 0 saturated carbocycles. The van der Waals surface area contributed by atoms with Crippen LogP contribution in [-0.2, 0) is 6.54 Å². The molecule has 2 N–H and O–H groups in total. The van der Waals surface area contributed by atoms with Gasteiger partial charge in [-0.3, -0.25) is 9.47 Å². The van der Waals surface area contributed by atoms with Crippen LogP contribution < -0.4 is 15.2 Å². The highest BCUT2D eigenvalue weighted by atomic mass is 16.5. The van der Waals surface area contributed by atoms with E-state index < -0.39 is 5.97 Å². The minimum Gasteiger partial charge on any atom is -0.490 e. The summed E-state index contributed by atoms with van der Waals surface area (Å²) in [6.45, 7) is 9.08. The maximum absolute atomic E-state index is 12.6. The second-order valence-electron chi connectivity index (χ2n) is 8.73. The fourth-order valence-electron chi connectivity index (χ4n) is 4.49. The lowest BCUT2D eigenvalue weighted by Gasteiger charge is -2.32. The molecule has 8 nitrogen and oxygen atoms in total. The number of hydrogen-bond donors (Lipinski definition) is 2. The number of aromatic amines is 1. The van der Waals surface area contributed by atoms with Crippen molar-refractivity contribution >= 4 is 17.0 Å². The molecule has 0 bridgehead atoms. The summed E-state index contributed by atoms with van der Waals surface area (Å²) < 4.78 is 13.4. The molecule has 1 aliphatic heterocycles. The van der Waals surface area contributed by atoms with Gasteiger partial charge in [0.05, 0.1) is 29.3 Å². The Labute approximate surface area is 192 Å². The van der Waals surface area contributed by atoms with Crippen LogP contribution in [0.3, 0.4) is 0 Å². The quantitative estimate of drug-likeness (QED) is 0.534. The highest BCUT2D eigenvalue weighted by Crippen LogP contribution is 2.31. The maximum Gasteiger partial charge on any atom is 0.335 e. The topological polar surface area (TPSA) is 96.8 Å². The Hall–Kier alpha value is -3.26. The number of hydrogen-bond acceptors (Lipinski definition) is 5. The second kappa shape index (κ2) is 9.70. The summed E-state index contributed by atoms with van der Waals surface area (Å²) in [5, 5.41) is 9.20. The zero-order valence-electron chi connectivity index (χ0n) is 19.3. The van der Waals surface area contributed by atoms with Gasteiger partial charge >= 0.3 is 11.7 Å². The van der Waals surface area contributed by atoms with Crippen molar-refractivity contribution in [2.45, 2.75) is 52.3 Å². The Balaban J connectivity index is 1.44. The van der Waals surface area contributed by atoms with Crippen molar-refractivity contribution in [3.8, 4) is 11.5 Å². The van der Waals surface area contributed by atoms with Gasteiger partial charge in [0.1, 0.15) is 0 Å². The van der Waals surface area contributed by atoms with Crippen molar-refractivity contribution in [1.29, 1.82) is 0 Å². The zero-order valence-corrected chi connectivity index (χ0v) is 19.3. The molecule has 0 unspecified atom stereocenters. The predicted octanol–water partition coefficient (Wildman–Crippen LogP) is 4.05. The standard InChI is InChI=1S/C25H31N3O5/c1-4-32-23-13-17(5-8-22(23)33-16(2)3)15-27-11-9-19(10-12-27)28-21-7-6-18(24(29)30)14-20(21)26-25(28)31/h5-8,13-14,16,19H,4,9-12,15H2,1-3H3,(H,26,31)(H,29,30). The fraction of sp³-hybridized carbons (Fsp3) is 0.440. The largest absolute Gasteiger partial charge is 0.490 e. The summed E-state index contributed by atoms with van der Waals surface area (Å²) in [5.74, 6) is 0.527. The van der Waals surface area contributed by atoms with E-state index in [4.69, 9.17) is 9.47 Å². The molecular weight excluding hydrogens is 422 g/mol. The van der Waals surface area contributed by atoms with E-state index >= 15 is 0 Å². The highest BCUT2D eigenvalue weighted by molar-refractivity contribution is 5.92.